The zero-order chi connectivity index (χ0) is 23.5. The van der Waals surface area contributed by atoms with Gasteiger partial charge in [0.25, 0.3) is 6.47 Å². The topological polar surface area (TPSA) is 78.6 Å². The molecule has 3 aromatic rings. The summed E-state index contributed by atoms with van der Waals surface area (Å²) in [5.41, 5.74) is 13.3. The Morgan fingerprint density at radius 3 is 2.31 bits per heavy atom. The molecule has 32 heavy (non-hydrogen) atoms. The molecule has 0 fully saturated rings. The summed E-state index contributed by atoms with van der Waals surface area (Å²) in [5, 5.41) is 10.0. The second-order valence-corrected chi connectivity index (χ2v) is 8.82. The molecule has 3 rings (SSSR count). The predicted molar refractivity (Wildman–Crippen MR) is 136 cm³/mol. The lowest BCUT2D eigenvalue weighted by Gasteiger charge is -2.21. The lowest BCUT2D eigenvalue weighted by Crippen LogP contribution is -2.11. The van der Waals surface area contributed by atoms with Gasteiger partial charge in [-0.25, -0.2) is 4.31 Å². The molecular weight excluding hydrogens is 418 g/mol. The minimum atomic E-state index is -0.250. The first-order valence-corrected chi connectivity index (χ1v) is 11.4. The first-order chi connectivity index (χ1) is 15.4. The van der Waals surface area contributed by atoms with Crippen LogP contribution in [0.4, 0.5) is 11.4 Å². The van der Waals surface area contributed by atoms with Crippen LogP contribution >= 0.6 is 11.9 Å². The number of nitrogens with two attached hydrogens (primary N) is 1. The van der Waals surface area contributed by atoms with Gasteiger partial charge in [-0.15, -0.1) is 0 Å². The van der Waals surface area contributed by atoms with Crippen LogP contribution in [0, 0.1) is 6.92 Å². The fourth-order valence-corrected chi connectivity index (χ4v) is 4.54. The fraction of sp³-hybridized carbons (Fsp3) is 0.269. The monoisotopic (exact) mass is 451 g/mol. The van der Waals surface area contributed by atoms with Crippen molar-refractivity contribution in [2.75, 3.05) is 25.1 Å². The van der Waals surface area contributed by atoms with Crippen LogP contribution in [0.2, 0.25) is 0 Å². The number of carbonyl (C=O) groups is 1. The summed E-state index contributed by atoms with van der Waals surface area (Å²) in [6.07, 6.45) is 1.04. The van der Waals surface area contributed by atoms with E-state index in [1.807, 2.05) is 7.05 Å². The second-order valence-electron chi connectivity index (χ2n) is 7.54. The largest absolute Gasteiger partial charge is 0.483 e. The normalized spacial score (nSPS) is 11.4. The smallest absolute Gasteiger partial charge is 0.290 e. The van der Waals surface area contributed by atoms with Crippen LogP contribution in [0.5, 0.6) is 0 Å². The molecule has 1 unspecified atom stereocenters. The second kappa shape index (κ2) is 12.8. The molecule has 170 valence electrons. The summed E-state index contributed by atoms with van der Waals surface area (Å²) < 4.78 is 2.29. The highest BCUT2D eigenvalue weighted by molar-refractivity contribution is 7.97. The third-order valence-electron chi connectivity index (χ3n) is 5.33. The van der Waals surface area contributed by atoms with Crippen molar-refractivity contribution >= 4 is 29.8 Å². The van der Waals surface area contributed by atoms with E-state index in [-0.39, 0.29) is 6.47 Å². The van der Waals surface area contributed by atoms with Crippen molar-refractivity contribution in [1.82, 2.24) is 4.31 Å². The fourth-order valence-electron chi connectivity index (χ4n) is 3.70. The highest BCUT2D eigenvalue weighted by atomic mass is 32.2. The van der Waals surface area contributed by atoms with Gasteiger partial charge in [-0.05, 0) is 78.9 Å². The average Bonchev–Trinajstić information content (AvgIpc) is 2.78. The van der Waals surface area contributed by atoms with Gasteiger partial charge in [0.05, 0.1) is 11.4 Å². The minimum Gasteiger partial charge on any atom is -0.483 e. The van der Waals surface area contributed by atoms with Crippen LogP contribution in [0.15, 0.2) is 71.6 Å². The van der Waals surface area contributed by atoms with Gasteiger partial charge >= 0.3 is 0 Å². The van der Waals surface area contributed by atoms with Crippen molar-refractivity contribution in [2.45, 2.75) is 37.6 Å². The van der Waals surface area contributed by atoms with Crippen molar-refractivity contribution in [3.63, 3.8) is 0 Å². The Balaban J connectivity index is 0.00000114. The third kappa shape index (κ3) is 7.04. The molecule has 0 aliphatic carbocycles. The number of nitrogen functional groups attached to an aromatic ring is 1. The molecule has 6 heteroatoms. The Kier molecular flexibility index (Phi) is 10.1. The maximum Gasteiger partial charge on any atom is 0.290 e. The van der Waals surface area contributed by atoms with Gasteiger partial charge in [-0.1, -0.05) is 49.4 Å². The van der Waals surface area contributed by atoms with E-state index in [4.69, 9.17) is 15.6 Å². The third-order valence-corrected chi connectivity index (χ3v) is 6.25. The summed E-state index contributed by atoms with van der Waals surface area (Å²) in [4.78, 5) is 9.62. The molecule has 0 saturated carbocycles. The molecule has 0 saturated heterocycles. The van der Waals surface area contributed by atoms with E-state index in [0.29, 0.717) is 5.92 Å². The van der Waals surface area contributed by atoms with E-state index in [1.165, 1.54) is 27.1 Å². The number of nitrogens with zero attached hydrogens (tertiary/aromatic N) is 1. The van der Waals surface area contributed by atoms with E-state index in [9.17, 15) is 0 Å². The summed E-state index contributed by atoms with van der Waals surface area (Å²) in [7, 11) is 4.05. The van der Waals surface area contributed by atoms with Gasteiger partial charge in [0, 0.05) is 24.4 Å². The quantitative estimate of drug-likeness (QED) is 0.221. The number of nitrogens with one attached hydrogen (secondary N) is 1. The molecule has 1 atom stereocenters. The van der Waals surface area contributed by atoms with Crippen molar-refractivity contribution in [3.8, 4) is 0 Å². The Labute approximate surface area is 195 Å². The van der Waals surface area contributed by atoms with E-state index in [1.54, 1.807) is 11.9 Å². The van der Waals surface area contributed by atoms with E-state index >= 15 is 0 Å². The van der Waals surface area contributed by atoms with Crippen LogP contribution in [-0.2, 0) is 11.3 Å². The van der Waals surface area contributed by atoms with Crippen molar-refractivity contribution in [2.24, 2.45) is 0 Å². The van der Waals surface area contributed by atoms with Crippen LogP contribution in [-0.4, -0.2) is 30.0 Å². The average molecular weight is 452 g/mol. The molecule has 0 aliphatic rings. The Morgan fingerprint density at radius 2 is 1.72 bits per heavy atom. The molecule has 0 heterocycles. The van der Waals surface area contributed by atoms with E-state index < -0.39 is 0 Å². The molecule has 0 aliphatic heterocycles. The minimum absolute atomic E-state index is 0.250. The molecular formula is C26H33N3O2S. The molecule has 4 N–H and O–H groups in total. The number of rotatable bonds is 8. The Bertz CT molecular complexity index is 996. The summed E-state index contributed by atoms with van der Waals surface area (Å²) in [5.74, 6) is 0.342. The van der Waals surface area contributed by atoms with E-state index in [2.05, 4.69) is 97.2 Å². The number of benzene rings is 3. The molecule has 3 aromatic carbocycles. The molecule has 0 aromatic heterocycles. The zero-order valence-electron chi connectivity index (χ0n) is 19.2. The summed E-state index contributed by atoms with van der Waals surface area (Å²) in [6.45, 7) is 5.08. The standard InChI is InChI=1S/C25H31N3S.CH2O2/c1-5-23(20-13-14-25(27-3)24(26)16-20)19-12-11-18(2)21(15-19)17-28(4)29-22-9-7-6-8-10-22;2-1-3/h6-16,23,27H,5,17,26H2,1-4H3;1H,(H,2,3). The highest BCUT2D eigenvalue weighted by Gasteiger charge is 2.15. The van der Waals surface area contributed by atoms with Gasteiger partial charge in [0.15, 0.2) is 0 Å². The van der Waals surface area contributed by atoms with E-state index in [0.717, 1.165) is 24.3 Å². The van der Waals surface area contributed by atoms with Gasteiger partial charge in [0.2, 0.25) is 0 Å². The summed E-state index contributed by atoms with van der Waals surface area (Å²) in [6, 6.07) is 23.8. The van der Waals surface area contributed by atoms with Crippen molar-refractivity contribution in [1.29, 1.82) is 0 Å². The van der Waals surface area contributed by atoms with Gasteiger partial charge < -0.3 is 16.2 Å². The van der Waals surface area contributed by atoms with Crippen LogP contribution < -0.4 is 11.1 Å². The van der Waals surface area contributed by atoms with Crippen molar-refractivity contribution in [3.05, 3.63) is 89.0 Å². The number of anilines is 2. The molecule has 0 amide bonds. The first kappa shape index (κ1) is 25.3. The zero-order valence-corrected chi connectivity index (χ0v) is 20.0. The number of hydrogen-bond donors (Lipinski definition) is 3. The van der Waals surface area contributed by atoms with Gasteiger partial charge in [-0.2, -0.15) is 0 Å². The predicted octanol–water partition coefficient (Wildman–Crippen LogP) is 6.00. The number of carboxylic acid groups (broad SMARTS) is 1. The maximum atomic E-state index is 8.36. The van der Waals surface area contributed by atoms with Crippen LogP contribution in [0.1, 0.15) is 41.5 Å². The SMILES string of the molecule is CCC(c1ccc(NC)c(N)c1)c1ccc(C)c(CN(C)Sc2ccccc2)c1.O=CO. The Morgan fingerprint density at radius 1 is 1.09 bits per heavy atom. The van der Waals surface area contributed by atoms with Gasteiger partial charge in [-0.3, -0.25) is 4.79 Å². The number of aryl methyl sites for hydroxylation is 1. The lowest BCUT2D eigenvalue weighted by atomic mass is 9.87. The molecule has 0 spiro atoms. The van der Waals surface area contributed by atoms with Crippen LogP contribution in [0.3, 0.4) is 0 Å². The molecule has 0 bridgehead atoms. The first-order valence-electron chi connectivity index (χ1n) is 10.6. The van der Waals surface area contributed by atoms with Crippen molar-refractivity contribution < 1.29 is 9.90 Å². The number of hydrogen-bond acceptors (Lipinski definition) is 5. The maximum absolute atomic E-state index is 8.36. The lowest BCUT2D eigenvalue weighted by molar-refractivity contribution is -0.122. The summed E-state index contributed by atoms with van der Waals surface area (Å²) >= 11 is 1.78. The molecule has 0 radical (unpaired) electrons. The van der Waals surface area contributed by atoms with Crippen LogP contribution in [0.25, 0.3) is 0 Å². The highest BCUT2D eigenvalue weighted by Crippen LogP contribution is 2.33. The Hall–Kier alpha value is -2.96. The van der Waals surface area contributed by atoms with Gasteiger partial charge in [0.1, 0.15) is 0 Å². The molecule has 5 nitrogen and oxygen atoms in total.